The second-order valence-corrected chi connectivity index (χ2v) is 4.92. The molecule has 96 valence electrons. The molecule has 2 aromatic rings. The summed E-state index contributed by atoms with van der Waals surface area (Å²) in [6, 6.07) is 15.8. The predicted octanol–water partition coefficient (Wildman–Crippen LogP) is 4.78. The highest BCUT2D eigenvalue weighted by Gasteiger charge is 2.04. The zero-order valence-electron chi connectivity index (χ0n) is 11.5. The largest absolute Gasteiger partial charge is 0.457 e. The molecule has 0 aliphatic carbocycles. The van der Waals surface area contributed by atoms with E-state index < -0.39 is 0 Å². The maximum atomic E-state index is 8.91. The van der Waals surface area contributed by atoms with Gasteiger partial charge in [0, 0.05) is 0 Å². The number of nitrogens with zero attached hydrogens (tertiary/aromatic N) is 1. The first-order valence-corrected chi connectivity index (χ1v) is 6.38. The normalized spacial score (nSPS) is 10.3. The number of benzene rings is 2. The first-order valence-electron chi connectivity index (χ1n) is 6.38. The van der Waals surface area contributed by atoms with Crippen molar-refractivity contribution in [2.45, 2.75) is 26.7 Å². The van der Waals surface area contributed by atoms with Crippen molar-refractivity contribution in [2.24, 2.45) is 0 Å². The Morgan fingerprint density at radius 3 is 2.42 bits per heavy atom. The molecule has 0 saturated carbocycles. The van der Waals surface area contributed by atoms with Gasteiger partial charge in [-0.1, -0.05) is 26.0 Å². The van der Waals surface area contributed by atoms with Gasteiger partial charge in [-0.15, -0.1) is 0 Å². The monoisotopic (exact) mass is 251 g/mol. The lowest BCUT2D eigenvalue weighted by atomic mass is 10.0. The van der Waals surface area contributed by atoms with Crippen LogP contribution in [0.4, 0.5) is 0 Å². The molecule has 2 rings (SSSR count). The van der Waals surface area contributed by atoms with Gasteiger partial charge < -0.3 is 4.74 Å². The van der Waals surface area contributed by atoms with Crippen molar-refractivity contribution < 1.29 is 4.74 Å². The van der Waals surface area contributed by atoms with Crippen LogP contribution in [0.15, 0.2) is 42.5 Å². The van der Waals surface area contributed by atoms with Crippen molar-refractivity contribution >= 4 is 0 Å². The summed E-state index contributed by atoms with van der Waals surface area (Å²) in [4.78, 5) is 0. The smallest absolute Gasteiger partial charge is 0.127 e. The molecule has 0 N–H and O–H groups in total. The minimum absolute atomic E-state index is 0.478. The van der Waals surface area contributed by atoms with Crippen molar-refractivity contribution in [2.75, 3.05) is 0 Å². The van der Waals surface area contributed by atoms with Crippen molar-refractivity contribution in [1.82, 2.24) is 0 Å². The van der Waals surface area contributed by atoms with E-state index in [0.717, 1.165) is 17.1 Å². The third kappa shape index (κ3) is 3.14. The third-order valence-corrected chi connectivity index (χ3v) is 3.08. The molecule has 0 aliphatic rings. The van der Waals surface area contributed by atoms with E-state index in [9.17, 15) is 0 Å². The summed E-state index contributed by atoms with van der Waals surface area (Å²) in [7, 11) is 0. The maximum Gasteiger partial charge on any atom is 0.127 e. The Morgan fingerprint density at radius 2 is 1.79 bits per heavy atom. The van der Waals surface area contributed by atoms with E-state index in [1.54, 1.807) is 6.07 Å². The number of rotatable bonds is 3. The van der Waals surface area contributed by atoms with Gasteiger partial charge in [-0.05, 0) is 54.3 Å². The first-order chi connectivity index (χ1) is 9.10. The Labute approximate surface area is 114 Å². The third-order valence-electron chi connectivity index (χ3n) is 3.08. The summed E-state index contributed by atoms with van der Waals surface area (Å²) in [6.07, 6.45) is 0. The van der Waals surface area contributed by atoms with Crippen LogP contribution in [0.1, 0.15) is 36.5 Å². The fourth-order valence-electron chi connectivity index (χ4n) is 1.90. The zero-order valence-corrected chi connectivity index (χ0v) is 11.5. The summed E-state index contributed by atoms with van der Waals surface area (Å²) in [5, 5.41) is 8.91. The van der Waals surface area contributed by atoms with Crippen LogP contribution in [0.2, 0.25) is 0 Å². The van der Waals surface area contributed by atoms with E-state index in [4.69, 9.17) is 10.00 Å². The summed E-state index contributed by atoms with van der Waals surface area (Å²) in [6.45, 7) is 6.23. The van der Waals surface area contributed by atoms with E-state index >= 15 is 0 Å². The molecule has 19 heavy (non-hydrogen) atoms. The van der Waals surface area contributed by atoms with E-state index in [0.29, 0.717) is 11.5 Å². The second kappa shape index (κ2) is 5.58. The Bertz CT molecular complexity index is 623. The second-order valence-electron chi connectivity index (χ2n) is 4.92. The van der Waals surface area contributed by atoms with Crippen molar-refractivity contribution in [3.63, 3.8) is 0 Å². The summed E-state index contributed by atoms with van der Waals surface area (Å²) >= 11 is 0. The van der Waals surface area contributed by atoms with Gasteiger partial charge in [0.15, 0.2) is 0 Å². The van der Waals surface area contributed by atoms with E-state index in [1.807, 2.05) is 31.2 Å². The van der Waals surface area contributed by atoms with Crippen LogP contribution in [0.3, 0.4) is 0 Å². The van der Waals surface area contributed by atoms with Gasteiger partial charge >= 0.3 is 0 Å². The van der Waals surface area contributed by atoms with Gasteiger partial charge in [0.1, 0.15) is 11.5 Å². The number of aryl methyl sites for hydroxylation is 1. The van der Waals surface area contributed by atoms with Crippen LogP contribution in [0, 0.1) is 18.3 Å². The zero-order chi connectivity index (χ0) is 13.8. The molecule has 0 aliphatic heterocycles. The van der Waals surface area contributed by atoms with E-state index in [-0.39, 0.29) is 0 Å². The SMILES string of the molecule is Cc1cc(Oc2cccc(C(C)C)c2)ccc1C#N. The van der Waals surface area contributed by atoms with E-state index in [1.165, 1.54) is 5.56 Å². The molecule has 0 aromatic heterocycles. The molecule has 2 nitrogen and oxygen atoms in total. The summed E-state index contributed by atoms with van der Waals surface area (Å²) in [5.41, 5.74) is 2.87. The Balaban J connectivity index is 2.24. The quantitative estimate of drug-likeness (QED) is 0.786. The van der Waals surface area contributed by atoms with Crippen LogP contribution < -0.4 is 4.74 Å². The first kappa shape index (κ1) is 13.2. The Kier molecular flexibility index (Phi) is 3.87. The van der Waals surface area contributed by atoms with Crippen molar-refractivity contribution in [1.29, 1.82) is 5.26 Å². The number of ether oxygens (including phenoxy) is 1. The summed E-state index contributed by atoms with van der Waals surface area (Å²) in [5.74, 6) is 2.07. The topological polar surface area (TPSA) is 33.0 Å². The Hall–Kier alpha value is -2.27. The fourth-order valence-corrected chi connectivity index (χ4v) is 1.90. The van der Waals surface area contributed by atoms with Gasteiger partial charge in [-0.2, -0.15) is 5.26 Å². The van der Waals surface area contributed by atoms with Crippen LogP contribution in [0.5, 0.6) is 11.5 Å². The molecule has 0 unspecified atom stereocenters. The van der Waals surface area contributed by atoms with Crippen LogP contribution in [-0.2, 0) is 0 Å². The summed E-state index contributed by atoms with van der Waals surface area (Å²) < 4.78 is 5.84. The number of nitriles is 1. The standard InChI is InChI=1S/C17H17NO/c1-12(2)14-5-4-6-16(10-14)19-17-8-7-15(11-18)13(3)9-17/h4-10,12H,1-3H3. The number of hydrogen-bond donors (Lipinski definition) is 0. The van der Waals surface area contributed by atoms with Gasteiger partial charge in [-0.3, -0.25) is 0 Å². The van der Waals surface area contributed by atoms with Crippen molar-refractivity contribution in [3.8, 4) is 17.6 Å². The highest BCUT2D eigenvalue weighted by Crippen LogP contribution is 2.26. The minimum Gasteiger partial charge on any atom is -0.457 e. The lowest BCUT2D eigenvalue weighted by Gasteiger charge is -2.10. The molecule has 0 saturated heterocycles. The molecule has 0 bridgehead atoms. The molecule has 2 aromatic carbocycles. The average molecular weight is 251 g/mol. The predicted molar refractivity (Wildman–Crippen MR) is 76.5 cm³/mol. The van der Waals surface area contributed by atoms with Crippen LogP contribution >= 0.6 is 0 Å². The minimum atomic E-state index is 0.478. The molecular formula is C17H17NO. The lowest BCUT2D eigenvalue weighted by molar-refractivity contribution is 0.481. The molecule has 0 heterocycles. The van der Waals surface area contributed by atoms with Crippen LogP contribution in [0.25, 0.3) is 0 Å². The molecule has 0 spiro atoms. The van der Waals surface area contributed by atoms with Gasteiger partial charge in [-0.25, -0.2) is 0 Å². The molecule has 0 fully saturated rings. The molecule has 0 radical (unpaired) electrons. The van der Waals surface area contributed by atoms with Gasteiger partial charge in [0.25, 0.3) is 0 Å². The fraction of sp³-hybridized carbons (Fsp3) is 0.235. The number of hydrogen-bond acceptors (Lipinski definition) is 2. The van der Waals surface area contributed by atoms with Gasteiger partial charge in [0.2, 0.25) is 0 Å². The van der Waals surface area contributed by atoms with E-state index in [2.05, 4.69) is 32.0 Å². The maximum absolute atomic E-state index is 8.91. The lowest BCUT2D eigenvalue weighted by Crippen LogP contribution is -1.90. The van der Waals surface area contributed by atoms with Crippen molar-refractivity contribution in [3.05, 3.63) is 59.2 Å². The highest BCUT2D eigenvalue weighted by molar-refractivity contribution is 5.43. The highest BCUT2D eigenvalue weighted by atomic mass is 16.5. The van der Waals surface area contributed by atoms with Gasteiger partial charge in [0.05, 0.1) is 11.6 Å². The molecule has 2 heteroatoms. The molecule has 0 amide bonds. The average Bonchev–Trinajstić information content (AvgIpc) is 2.39. The Morgan fingerprint density at radius 1 is 1.05 bits per heavy atom. The molecular weight excluding hydrogens is 234 g/mol. The molecule has 0 atom stereocenters. The van der Waals surface area contributed by atoms with Crippen LogP contribution in [-0.4, -0.2) is 0 Å².